The van der Waals surface area contributed by atoms with Gasteiger partial charge in [0.25, 0.3) is 6.01 Å². The number of halogens is 4. The molecule has 3 aromatic carbocycles. The highest BCUT2D eigenvalue weighted by atomic mass is 32.2. The Kier molecular flexibility index (Phi) is 10.9. The number of oxazole rings is 1. The van der Waals surface area contributed by atoms with E-state index in [0.717, 1.165) is 88.7 Å². The molecular weight excluding hydrogens is 717 g/mol. The van der Waals surface area contributed by atoms with Gasteiger partial charge in [-0.25, -0.2) is 31.7 Å². The van der Waals surface area contributed by atoms with Crippen molar-refractivity contribution in [2.24, 2.45) is 0 Å². The summed E-state index contributed by atoms with van der Waals surface area (Å²) in [5, 5.41) is 3.08. The molecule has 0 spiro atoms. The Morgan fingerprint density at radius 2 is 1.62 bits per heavy atom. The van der Waals surface area contributed by atoms with E-state index in [2.05, 4.69) is 36.1 Å². The van der Waals surface area contributed by atoms with Crippen LogP contribution in [0, 0.1) is 23.3 Å². The minimum absolute atomic E-state index is 0.181. The number of benzene rings is 3. The largest absolute Gasteiger partial charge is 0.421 e. The summed E-state index contributed by atoms with van der Waals surface area (Å²) < 4.78 is 80.7. The van der Waals surface area contributed by atoms with E-state index in [0.29, 0.717) is 34.3 Å². The third-order valence-electron chi connectivity index (χ3n) is 8.96. The maximum Gasteiger partial charge on any atom is 0.298 e. The fourth-order valence-electron chi connectivity index (χ4n) is 6.23. The van der Waals surface area contributed by atoms with Crippen LogP contribution in [0.1, 0.15) is 12.8 Å². The zero-order valence-electron chi connectivity index (χ0n) is 28.3. The molecule has 2 N–H and O–H groups in total. The second-order valence-corrected chi connectivity index (χ2v) is 14.5. The van der Waals surface area contributed by atoms with Gasteiger partial charge in [0, 0.05) is 69.0 Å². The second kappa shape index (κ2) is 15.9. The predicted octanol–water partition coefficient (Wildman–Crippen LogP) is 7.32. The molecule has 2 aliphatic heterocycles. The maximum absolute atomic E-state index is 15.4. The fraction of sp³-hybridized carbons (Fsp3) is 0.306. The summed E-state index contributed by atoms with van der Waals surface area (Å²) in [7, 11) is -2.45. The van der Waals surface area contributed by atoms with Crippen LogP contribution in [0.4, 0.5) is 46.6 Å². The molecule has 5 aromatic rings. The maximum atomic E-state index is 15.4. The predicted molar refractivity (Wildman–Crippen MR) is 197 cm³/mol. The van der Waals surface area contributed by atoms with E-state index in [9.17, 15) is 13.0 Å². The van der Waals surface area contributed by atoms with Crippen LogP contribution in [0.2, 0.25) is 0 Å². The Hall–Kier alpha value is -4.67. The van der Waals surface area contributed by atoms with Crippen molar-refractivity contribution in [3.63, 3.8) is 0 Å². The van der Waals surface area contributed by atoms with Gasteiger partial charge >= 0.3 is 0 Å². The smallest absolute Gasteiger partial charge is 0.298 e. The quantitative estimate of drug-likeness (QED) is 0.126. The molecule has 10 nitrogen and oxygen atoms in total. The lowest BCUT2D eigenvalue weighted by atomic mass is 10.1. The van der Waals surface area contributed by atoms with Gasteiger partial charge in [-0.05, 0) is 73.7 Å². The number of anilines is 5. The normalized spacial score (nSPS) is 15.6. The second-order valence-electron chi connectivity index (χ2n) is 12.4. The van der Waals surface area contributed by atoms with Crippen molar-refractivity contribution in [3.05, 3.63) is 90.1 Å². The molecule has 52 heavy (non-hydrogen) atoms. The third kappa shape index (κ3) is 7.88. The lowest BCUT2D eigenvalue weighted by Gasteiger charge is -2.36. The standard InChI is InChI=1S/C36H36F4N8O2S2/c1-51-20-19-46-15-17-47(18-16-46)31-10-8-24(22-28(31)40)42-35-41-12-11-29(43-35)33-32(44-36(50-33)48-13-2-3-14-48)23-7-9-25(37)30(21-23)45-52(49)34-26(38)5-4-6-27(34)39/h4-12,21-22,45H,2-3,13-20H2,1H3,(H,41,42,43). The lowest BCUT2D eigenvalue weighted by Crippen LogP contribution is -2.47. The number of piperazine rings is 1. The van der Waals surface area contributed by atoms with Crippen LogP contribution in [0.5, 0.6) is 0 Å². The van der Waals surface area contributed by atoms with Gasteiger partial charge in [0.2, 0.25) is 5.95 Å². The molecule has 2 aromatic heterocycles. The molecule has 0 aliphatic carbocycles. The Bertz CT molecular complexity index is 2050. The molecule has 1 unspecified atom stereocenters. The van der Waals surface area contributed by atoms with Gasteiger partial charge in [0.15, 0.2) is 16.7 Å². The molecule has 16 heteroatoms. The average molecular weight is 753 g/mol. The number of nitrogens with zero attached hydrogens (tertiary/aromatic N) is 6. The number of thioether (sulfide) groups is 1. The first-order valence-corrected chi connectivity index (χ1v) is 19.4. The van der Waals surface area contributed by atoms with Gasteiger partial charge in [-0.2, -0.15) is 16.7 Å². The summed E-state index contributed by atoms with van der Waals surface area (Å²) in [5.74, 6) is -1.70. The topological polar surface area (TPSA) is 103 Å². The van der Waals surface area contributed by atoms with Gasteiger partial charge < -0.3 is 19.5 Å². The monoisotopic (exact) mass is 752 g/mol. The molecule has 4 heterocycles. The number of aromatic nitrogens is 3. The molecule has 1 atom stereocenters. The number of rotatable bonds is 12. The zero-order valence-corrected chi connectivity index (χ0v) is 29.9. The number of hydrogen-bond acceptors (Lipinski definition) is 10. The van der Waals surface area contributed by atoms with Crippen LogP contribution < -0.4 is 19.8 Å². The first kappa shape index (κ1) is 35.7. The summed E-state index contributed by atoms with van der Waals surface area (Å²) in [6, 6.07) is 14.0. The summed E-state index contributed by atoms with van der Waals surface area (Å²) >= 11 is 1.82. The Morgan fingerprint density at radius 3 is 2.35 bits per heavy atom. The molecule has 2 fully saturated rings. The van der Waals surface area contributed by atoms with Crippen molar-refractivity contribution in [1.29, 1.82) is 0 Å². The Morgan fingerprint density at radius 1 is 0.846 bits per heavy atom. The van der Waals surface area contributed by atoms with Gasteiger partial charge in [0.1, 0.15) is 39.6 Å². The molecule has 2 saturated heterocycles. The van der Waals surface area contributed by atoms with Crippen molar-refractivity contribution in [2.75, 3.05) is 77.7 Å². The van der Waals surface area contributed by atoms with Crippen LogP contribution in [0.25, 0.3) is 22.7 Å². The van der Waals surface area contributed by atoms with Crippen LogP contribution in [-0.2, 0) is 11.0 Å². The molecule has 0 amide bonds. The van der Waals surface area contributed by atoms with E-state index < -0.39 is 33.3 Å². The summed E-state index contributed by atoms with van der Waals surface area (Å²) in [4.78, 5) is 19.4. The third-order valence-corrected chi connectivity index (χ3v) is 10.7. The van der Waals surface area contributed by atoms with Gasteiger partial charge in [0.05, 0.1) is 11.4 Å². The molecule has 0 saturated carbocycles. The SMILES string of the molecule is CSCCN1CCN(c2ccc(Nc3nccc(-c4oc(N5CCCC5)nc4-c4ccc(F)c(NS(=O)c5c(F)cccc5F)c4)n3)cc2F)CC1. The minimum atomic E-state index is -2.45. The minimum Gasteiger partial charge on any atom is -0.421 e. The first-order valence-electron chi connectivity index (χ1n) is 16.8. The lowest BCUT2D eigenvalue weighted by molar-refractivity contribution is 0.272. The van der Waals surface area contributed by atoms with E-state index in [4.69, 9.17) is 9.40 Å². The molecular formula is C36H36F4N8O2S2. The first-order chi connectivity index (χ1) is 25.3. The highest BCUT2D eigenvalue weighted by Gasteiger charge is 2.26. The molecule has 0 bridgehead atoms. The number of nitrogens with one attached hydrogen (secondary N) is 2. The van der Waals surface area contributed by atoms with Crippen molar-refractivity contribution < 1.29 is 26.2 Å². The molecule has 7 rings (SSSR count). The van der Waals surface area contributed by atoms with Crippen LogP contribution in [0.3, 0.4) is 0 Å². The van der Waals surface area contributed by atoms with Gasteiger partial charge in [-0.15, -0.1) is 0 Å². The van der Waals surface area contributed by atoms with Crippen LogP contribution in [0.15, 0.2) is 76.2 Å². The van der Waals surface area contributed by atoms with Crippen molar-refractivity contribution >= 4 is 51.8 Å². The van der Waals surface area contributed by atoms with Crippen molar-refractivity contribution in [3.8, 4) is 22.7 Å². The molecule has 2 aliphatic rings. The number of hydrogen-bond donors (Lipinski definition) is 2. The average Bonchev–Trinajstić information content (AvgIpc) is 3.84. The van der Waals surface area contributed by atoms with E-state index in [1.54, 1.807) is 18.2 Å². The van der Waals surface area contributed by atoms with E-state index in [-0.39, 0.29) is 23.2 Å². The summed E-state index contributed by atoms with van der Waals surface area (Å²) in [6.07, 6.45) is 5.54. The van der Waals surface area contributed by atoms with Crippen molar-refractivity contribution in [2.45, 2.75) is 17.7 Å². The van der Waals surface area contributed by atoms with Gasteiger partial charge in [-0.1, -0.05) is 6.07 Å². The van der Waals surface area contributed by atoms with Crippen LogP contribution in [-0.4, -0.2) is 81.9 Å². The fourth-order valence-corrected chi connectivity index (χ4v) is 7.62. The van der Waals surface area contributed by atoms with Crippen molar-refractivity contribution in [1.82, 2.24) is 19.9 Å². The zero-order chi connectivity index (χ0) is 36.2. The molecule has 0 radical (unpaired) electrons. The van der Waals surface area contributed by atoms with Crippen LogP contribution >= 0.6 is 11.8 Å². The van der Waals surface area contributed by atoms with E-state index in [1.165, 1.54) is 24.4 Å². The highest BCUT2D eigenvalue weighted by Crippen LogP contribution is 2.38. The van der Waals surface area contributed by atoms with E-state index in [1.807, 2.05) is 16.7 Å². The summed E-state index contributed by atoms with van der Waals surface area (Å²) in [6.45, 7) is 5.74. The highest BCUT2D eigenvalue weighted by molar-refractivity contribution is 7.98. The summed E-state index contributed by atoms with van der Waals surface area (Å²) in [5.41, 5.74) is 1.76. The van der Waals surface area contributed by atoms with E-state index >= 15 is 8.78 Å². The Balaban J connectivity index is 1.14. The Labute approximate surface area is 305 Å². The van der Waals surface area contributed by atoms with Gasteiger partial charge in [-0.3, -0.25) is 9.62 Å². The molecule has 272 valence electrons.